The van der Waals surface area contributed by atoms with E-state index in [0.29, 0.717) is 42.6 Å². The Bertz CT molecular complexity index is 1590. The summed E-state index contributed by atoms with van der Waals surface area (Å²) in [4.78, 5) is 38.4. The fraction of sp³-hybridized carbons (Fsp3) is 0.410. The highest BCUT2D eigenvalue weighted by Crippen LogP contribution is 2.43. The number of carbonyl (C=O) groups excluding carboxylic acids is 3. The molecule has 11 heteroatoms. The molecule has 0 saturated carbocycles. The summed E-state index contributed by atoms with van der Waals surface area (Å²) in [5.41, 5.74) is -2.40. The average Bonchev–Trinajstić information content (AvgIpc) is 3.04. The van der Waals surface area contributed by atoms with Gasteiger partial charge in [-0.15, -0.1) is 0 Å². The minimum absolute atomic E-state index is 0.0122. The third-order valence-corrected chi connectivity index (χ3v) is 8.02. The number of ketones is 1. The highest BCUT2D eigenvalue weighted by molar-refractivity contribution is 5.98. The number of allylic oxidation sites excluding steroid dienone is 4. The lowest BCUT2D eigenvalue weighted by Gasteiger charge is -2.33. The molecule has 0 heterocycles. The molecule has 0 aliphatic carbocycles. The van der Waals surface area contributed by atoms with Gasteiger partial charge in [-0.25, -0.2) is 4.79 Å². The van der Waals surface area contributed by atoms with Crippen molar-refractivity contribution in [1.29, 1.82) is 0 Å². The quantitative estimate of drug-likeness (QED) is 0.0938. The minimum Gasteiger partial charge on any atom is -0.508 e. The van der Waals surface area contributed by atoms with Gasteiger partial charge in [0.1, 0.15) is 17.1 Å². The molecule has 272 valence electrons. The molecule has 50 heavy (non-hydrogen) atoms. The van der Waals surface area contributed by atoms with Crippen molar-refractivity contribution in [1.82, 2.24) is 0 Å². The predicted molar refractivity (Wildman–Crippen MR) is 185 cm³/mol. The van der Waals surface area contributed by atoms with Gasteiger partial charge in [-0.1, -0.05) is 60.2 Å². The van der Waals surface area contributed by atoms with E-state index in [-0.39, 0.29) is 17.7 Å². The van der Waals surface area contributed by atoms with E-state index in [2.05, 4.69) is 6.58 Å². The molecule has 2 aromatic carbocycles. The van der Waals surface area contributed by atoms with Crippen molar-refractivity contribution < 1.29 is 51.6 Å². The van der Waals surface area contributed by atoms with Crippen LogP contribution in [0, 0.1) is 0 Å². The number of hydrogen-bond acceptors (Lipinski definition) is 8. The summed E-state index contributed by atoms with van der Waals surface area (Å²) in [6.45, 7) is 12.5. The first-order chi connectivity index (χ1) is 23.4. The van der Waals surface area contributed by atoms with Crippen molar-refractivity contribution in [3.63, 3.8) is 0 Å². The fourth-order valence-electron chi connectivity index (χ4n) is 5.13. The minimum atomic E-state index is -5.19. The molecule has 2 rings (SSSR count). The molecule has 0 aliphatic rings. The van der Waals surface area contributed by atoms with Gasteiger partial charge in [-0.2, -0.15) is 13.2 Å². The van der Waals surface area contributed by atoms with E-state index in [9.17, 15) is 32.7 Å². The van der Waals surface area contributed by atoms with Crippen LogP contribution in [0.15, 0.2) is 96.1 Å². The van der Waals surface area contributed by atoms with E-state index in [0.717, 1.165) is 24.8 Å². The predicted octanol–water partition coefficient (Wildman–Crippen LogP) is 8.44. The van der Waals surface area contributed by atoms with Gasteiger partial charge < -0.3 is 24.1 Å². The third kappa shape index (κ3) is 11.2. The lowest BCUT2D eigenvalue weighted by Crippen LogP contribution is -2.53. The first-order valence-electron chi connectivity index (χ1n) is 16.0. The highest BCUT2D eigenvalue weighted by atomic mass is 19.4. The summed E-state index contributed by atoms with van der Waals surface area (Å²) in [5, 5.41) is 9.90. The van der Waals surface area contributed by atoms with Crippen molar-refractivity contribution in [2.75, 3.05) is 14.2 Å². The van der Waals surface area contributed by atoms with Crippen LogP contribution in [-0.2, 0) is 40.6 Å². The van der Waals surface area contributed by atoms with Gasteiger partial charge in [0.15, 0.2) is 11.9 Å². The molecule has 0 fully saturated rings. The smallest absolute Gasteiger partial charge is 0.432 e. The molecule has 0 aliphatic heterocycles. The van der Waals surface area contributed by atoms with Crippen molar-refractivity contribution >= 4 is 17.7 Å². The topological polar surface area (TPSA) is 108 Å². The Labute approximate surface area is 292 Å². The molecule has 0 aromatic heterocycles. The zero-order valence-corrected chi connectivity index (χ0v) is 29.7. The number of benzene rings is 2. The summed E-state index contributed by atoms with van der Waals surface area (Å²) >= 11 is 0. The zero-order chi connectivity index (χ0) is 37.7. The molecule has 2 aromatic rings. The van der Waals surface area contributed by atoms with Crippen LogP contribution in [0.2, 0.25) is 0 Å². The Kier molecular flexibility index (Phi) is 15.3. The number of hydrogen-bond donors (Lipinski definition) is 1. The second kappa shape index (κ2) is 18.4. The van der Waals surface area contributed by atoms with Crippen LogP contribution in [-0.4, -0.2) is 54.9 Å². The van der Waals surface area contributed by atoms with Crippen molar-refractivity contribution in [3.8, 4) is 11.5 Å². The number of esters is 2. The SMILES string of the molecule is C=CC(C)(CC/C=C(\C)CC/C=C(/C)[C@H](OC(=O)[C@@](OC)(c1ccccc1)C(F)(F)F)C(=O)C=C(C)C)Oc1ccc(O)cc1CC(=O)OC. The highest BCUT2D eigenvalue weighted by Gasteiger charge is 2.64. The number of aromatic hydroxyl groups is 1. The molecule has 0 radical (unpaired) electrons. The first-order valence-corrected chi connectivity index (χ1v) is 16.0. The second-order valence-corrected chi connectivity index (χ2v) is 12.4. The molecule has 3 atom stereocenters. The van der Waals surface area contributed by atoms with Crippen LogP contribution in [0.5, 0.6) is 11.5 Å². The number of carbonyl (C=O) groups is 3. The monoisotopic (exact) mass is 700 g/mol. The van der Waals surface area contributed by atoms with Gasteiger partial charge in [-0.05, 0) is 96.2 Å². The van der Waals surface area contributed by atoms with E-state index in [1.54, 1.807) is 32.1 Å². The Morgan fingerprint density at radius 1 is 0.960 bits per heavy atom. The third-order valence-electron chi connectivity index (χ3n) is 8.02. The molecule has 0 amide bonds. The maximum Gasteiger partial charge on any atom is 0.432 e. The molecule has 1 unspecified atom stereocenters. The van der Waals surface area contributed by atoms with Crippen LogP contribution in [0.3, 0.4) is 0 Å². The Balaban J connectivity index is 2.20. The zero-order valence-electron chi connectivity index (χ0n) is 29.7. The maximum atomic E-state index is 14.5. The number of phenolic OH excluding ortho intramolecular Hbond substituents is 1. The Hall–Kier alpha value is -4.64. The van der Waals surface area contributed by atoms with Gasteiger partial charge >= 0.3 is 18.1 Å². The van der Waals surface area contributed by atoms with Crippen molar-refractivity contribution in [2.24, 2.45) is 0 Å². The summed E-state index contributed by atoms with van der Waals surface area (Å²) in [6, 6.07) is 10.9. The van der Waals surface area contributed by atoms with Crippen LogP contribution >= 0.6 is 0 Å². The van der Waals surface area contributed by atoms with Crippen molar-refractivity contribution in [2.45, 2.75) is 90.2 Å². The number of ether oxygens (including phenoxy) is 4. The van der Waals surface area contributed by atoms with Crippen LogP contribution in [0.1, 0.15) is 71.4 Å². The number of phenols is 1. The van der Waals surface area contributed by atoms with Gasteiger partial charge in [0.2, 0.25) is 0 Å². The number of alkyl halides is 3. The van der Waals surface area contributed by atoms with Crippen LogP contribution < -0.4 is 4.74 Å². The molecule has 8 nitrogen and oxygen atoms in total. The molecule has 0 spiro atoms. The lowest BCUT2D eigenvalue weighted by atomic mass is 9.92. The Morgan fingerprint density at radius 3 is 2.18 bits per heavy atom. The van der Waals surface area contributed by atoms with Gasteiger partial charge in [0, 0.05) is 18.2 Å². The number of rotatable bonds is 18. The Morgan fingerprint density at radius 2 is 1.62 bits per heavy atom. The summed E-state index contributed by atoms with van der Waals surface area (Å²) in [6.07, 6.45) is 1.79. The summed E-state index contributed by atoms with van der Waals surface area (Å²) in [7, 11) is 2.05. The molecule has 1 N–H and O–H groups in total. The summed E-state index contributed by atoms with van der Waals surface area (Å²) in [5.74, 6) is -2.50. The fourth-order valence-corrected chi connectivity index (χ4v) is 5.13. The van der Waals surface area contributed by atoms with Crippen LogP contribution in [0.4, 0.5) is 13.2 Å². The van der Waals surface area contributed by atoms with E-state index in [4.69, 9.17) is 18.9 Å². The van der Waals surface area contributed by atoms with Crippen molar-refractivity contribution in [3.05, 3.63) is 107 Å². The molecular formula is C39H47F3O8. The molecular weight excluding hydrogens is 653 g/mol. The summed E-state index contributed by atoms with van der Waals surface area (Å²) < 4.78 is 64.6. The molecule has 0 bridgehead atoms. The van der Waals surface area contributed by atoms with E-state index < -0.39 is 46.8 Å². The van der Waals surface area contributed by atoms with E-state index >= 15 is 0 Å². The van der Waals surface area contributed by atoms with E-state index in [1.165, 1.54) is 50.4 Å². The van der Waals surface area contributed by atoms with Gasteiger partial charge in [-0.3, -0.25) is 9.59 Å². The van der Waals surface area contributed by atoms with Gasteiger partial charge in [0.05, 0.1) is 13.5 Å². The number of halogens is 3. The number of methoxy groups -OCH3 is 2. The standard InChI is InChI=1S/C39H47F3O8/c1-9-37(6,50-33-21-20-31(43)24-29(33)25-34(45)47-7)22-14-16-27(4)15-13-17-28(5)35(32(44)23-26(2)3)49-36(46)38(48-8,39(40,41)42)30-18-11-10-12-19-30/h9-12,16-21,23-24,35,43H,1,13-15,22,25H2,2-8H3/b27-16+,28-17-/t35-,37?,38-/m0/s1. The van der Waals surface area contributed by atoms with Gasteiger partial charge in [0.25, 0.3) is 5.60 Å². The molecule has 0 saturated heterocycles. The average molecular weight is 701 g/mol. The first kappa shape index (κ1) is 41.5. The van der Waals surface area contributed by atoms with Crippen LogP contribution in [0.25, 0.3) is 0 Å². The lowest BCUT2D eigenvalue weighted by molar-refractivity contribution is -0.277. The maximum absolute atomic E-state index is 14.5. The second-order valence-electron chi connectivity index (χ2n) is 12.4. The largest absolute Gasteiger partial charge is 0.508 e. The van der Waals surface area contributed by atoms with E-state index in [1.807, 2.05) is 19.9 Å². The normalized spacial score (nSPS) is 15.2.